The molecule has 1 atom stereocenters. The number of benzene rings is 1. The molecule has 0 bridgehead atoms. The summed E-state index contributed by atoms with van der Waals surface area (Å²) in [6.45, 7) is 1.84. The van der Waals surface area contributed by atoms with Crippen LogP contribution in [0.2, 0.25) is 0 Å². The fourth-order valence-electron chi connectivity index (χ4n) is 1.68. The van der Waals surface area contributed by atoms with Gasteiger partial charge in [-0.3, -0.25) is 0 Å². The highest BCUT2D eigenvalue weighted by atomic mass is 32.2. The number of anilines is 2. The number of hydrogen-bond acceptors (Lipinski definition) is 5. The van der Waals surface area contributed by atoms with Crippen LogP contribution in [0.5, 0.6) is 0 Å². The van der Waals surface area contributed by atoms with E-state index >= 15 is 0 Å². The first-order chi connectivity index (χ1) is 9.75. The first-order valence-electron chi connectivity index (χ1n) is 5.99. The number of thioether (sulfide) groups is 1. The summed E-state index contributed by atoms with van der Waals surface area (Å²) < 4.78 is 37.5. The minimum atomic E-state index is -4.33. The van der Waals surface area contributed by atoms with Crippen molar-refractivity contribution < 1.29 is 13.2 Å². The van der Waals surface area contributed by atoms with Crippen LogP contribution in [-0.4, -0.2) is 9.97 Å². The van der Waals surface area contributed by atoms with Gasteiger partial charge in [-0.05, 0) is 24.6 Å². The van der Waals surface area contributed by atoms with E-state index in [1.807, 2.05) is 6.92 Å². The van der Waals surface area contributed by atoms with Crippen LogP contribution in [0.3, 0.4) is 0 Å². The molecule has 1 heterocycles. The summed E-state index contributed by atoms with van der Waals surface area (Å²) in [6.07, 6.45) is -4.33. The lowest BCUT2D eigenvalue weighted by atomic mass is 10.1. The van der Waals surface area contributed by atoms with E-state index in [2.05, 4.69) is 9.97 Å². The molecule has 1 unspecified atom stereocenters. The maximum absolute atomic E-state index is 12.5. The van der Waals surface area contributed by atoms with Crippen LogP contribution < -0.4 is 11.5 Å². The molecule has 0 saturated heterocycles. The van der Waals surface area contributed by atoms with E-state index in [1.54, 1.807) is 0 Å². The number of nitrogen functional groups attached to an aromatic ring is 2. The molecule has 0 spiro atoms. The van der Waals surface area contributed by atoms with E-state index in [1.165, 1.54) is 30.0 Å². The third-order valence-corrected chi connectivity index (χ3v) is 3.75. The highest BCUT2D eigenvalue weighted by molar-refractivity contribution is 7.99. The molecule has 8 heteroatoms. The van der Waals surface area contributed by atoms with Gasteiger partial charge in [0.15, 0.2) is 5.16 Å². The first kappa shape index (κ1) is 15.4. The van der Waals surface area contributed by atoms with Crippen molar-refractivity contribution in [3.63, 3.8) is 0 Å². The number of hydrogen-bond donors (Lipinski definition) is 2. The van der Waals surface area contributed by atoms with Gasteiger partial charge < -0.3 is 11.5 Å². The molecule has 4 N–H and O–H groups in total. The molecule has 0 saturated carbocycles. The van der Waals surface area contributed by atoms with Gasteiger partial charge in [0, 0.05) is 11.3 Å². The molecule has 0 radical (unpaired) electrons. The van der Waals surface area contributed by atoms with Crippen molar-refractivity contribution in [2.75, 3.05) is 11.5 Å². The average molecular weight is 314 g/mol. The predicted octanol–water partition coefficient (Wildman–Crippen LogP) is 3.51. The summed E-state index contributed by atoms with van der Waals surface area (Å²) in [5, 5.41) is 0.258. The van der Waals surface area contributed by atoms with Crippen LogP contribution in [-0.2, 0) is 6.18 Å². The van der Waals surface area contributed by atoms with Crippen LogP contribution in [0.15, 0.2) is 35.5 Å². The van der Waals surface area contributed by atoms with E-state index in [9.17, 15) is 13.2 Å². The Hall–Kier alpha value is -1.96. The van der Waals surface area contributed by atoms with Gasteiger partial charge in [0.25, 0.3) is 0 Å². The van der Waals surface area contributed by atoms with E-state index in [4.69, 9.17) is 11.5 Å². The Balaban J connectivity index is 2.15. The minimum Gasteiger partial charge on any atom is -0.383 e. The van der Waals surface area contributed by atoms with Crippen molar-refractivity contribution >= 4 is 23.4 Å². The molecule has 0 amide bonds. The number of nitrogens with zero attached hydrogens (tertiary/aromatic N) is 2. The zero-order valence-electron chi connectivity index (χ0n) is 11.1. The zero-order chi connectivity index (χ0) is 15.6. The van der Waals surface area contributed by atoms with Crippen molar-refractivity contribution in [3.8, 4) is 0 Å². The molecule has 1 aromatic carbocycles. The van der Waals surface area contributed by atoms with Gasteiger partial charge in [0.05, 0.1) is 5.56 Å². The fourth-order valence-corrected chi connectivity index (χ4v) is 2.61. The number of halogens is 3. The average Bonchev–Trinajstić information content (AvgIpc) is 2.36. The van der Waals surface area contributed by atoms with Crippen LogP contribution in [0, 0.1) is 0 Å². The SMILES string of the molecule is CC(Sc1nc(N)cc(N)n1)c1ccc(C(F)(F)F)cc1. The van der Waals surface area contributed by atoms with Gasteiger partial charge in [0.2, 0.25) is 0 Å². The van der Waals surface area contributed by atoms with Gasteiger partial charge in [-0.25, -0.2) is 9.97 Å². The van der Waals surface area contributed by atoms with E-state index in [-0.39, 0.29) is 16.9 Å². The van der Waals surface area contributed by atoms with Crippen LogP contribution >= 0.6 is 11.8 Å². The minimum absolute atomic E-state index is 0.131. The smallest absolute Gasteiger partial charge is 0.383 e. The van der Waals surface area contributed by atoms with Crippen molar-refractivity contribution in [1.29, 1.82) is 0 Å². The van der Waals surface area contributed by atoms with E-state index in [0.717, 1.165) is 17.7 Å². The van der Waals surface area contributed by atoms with Gasteiger partial charge in [0.1, 0.15) is 11.6 Å². The van der Waals surface area contributed by atoms with Gasteiger partial charge in [-0.1, -0.05) is 23.9 Å². The van der Waals surface area contributed by atoms with Crippen molar-refractivity contribution in [1.82, 2.24) is 9.97 Å². The molecule has 4 nitrogen and oxygen atoms in total. The third-order valence-electron chi connectivity index (χ3n) is 2.73. The van der Waals surface area contributed by atoms with Crippen molar-refractivity contribution in [2.24, 2.45) is 0 Å². The normalized spacial score (nSPS) is 13.1. The zero-order valence-corrected chi connectivity index (χ0v) is 11.9. The number of aromatic nitrogens is 2. The lowest BCUT2D eigenvalue weighted by molar-refractivity contribution is -0.137. The summed E-state index contributed by atoms with van der Waals surface area (Å²) in [6, 6.07) is 6.43. The highest BCUT2D eigenvalue weighted by Crippen LogP contribution is 2.35. The van der Waals surface area contributed by atoms with Crippen molar-refractivity contribution in [3.05, 3.63) is 41.5 Å². The second kappa shape index (κ2) is 5.80. The van der Waals surface area contributed by atoms with Crippen LogP contribution in [0.1, 0.15) is 23.3 Å². The number of alkyl halides is 3. The van der Waals surface area contributed by atoms with Gasteiger partial charge >= 0.3 is 6.18 Å². The molecule has 0 aliphatic rings. The van der Waals surface area contributed by atoms with Crippen molar-refractivity contribution in [2.45, 2.75) is 23.5 Å². The van der Waals surface area contributed by atoms with Gasteiger partial charge in [-0.2, -0.15) is 13.2 Å². The maximum atomic E-state index is 12.5. The Labute approximate surface area is 123 Å². The topological polar surface area (TPSA) is 77.8 Å². The molecular weight excluding hydrogens is 301 g/mol. The fraction of sp³-hybridized carbons (Fsp3) is 0.231. The Morgan fingerprint density at radius 2 is 1.57 bits per heavy atom. The Bertz CT molecular complexity index is 608. The lowest BCUT2D eigenvalue weighted by Crippen LogP contribution is -2.05. The first-order valence-corrected chi connectivity index (χ1v) is 6.87. The number of nitrogens with two attached hydrogens (primary N) is 2. The predicted molar refractivity (Wildman–Crippen MR) is 76.6 cm³/mol. The summed E-state index contributed by atoms with van der Waals surface area (Å²) in [7, 11) is 0. The molecule has 112 valence electrons. The molecule has 0 aliphatic heterocycles. The molecule has 21 heavy (non-hydrogen) atoms. The number of rotatable bonds is 3. The summed E-state index contributed by atoms with van der Waals surface area (Å²) >= 11 is 1.27. The molecule has 0 fully saturated rings. The van der Waals surface area contributed by atoms with Crippen LogP contribution in [0.4, 0.5) is 24.8 Å². The monoisotopic (exact) mass is 314 g/mol. The molecule has 1 aromatic heterocycles. The molecule has 0 aliphatic carbocycles. The maximum Gasteiger partial charge on any atom is 0.416 e. The second-order valence-corrected chi connectivity index (χ2v) is 5.69. The standard InChI is InChI=1S/C13H13F3N4S/c1-7(21-12-19-10(17)6-11(18)20-12)8-2-4-9(5-3-8)13(14,15)16/h2-7H,1H3,(H4,17,18,19,20). The third kappa shape index (κ3) is 4.01. The van der Waals surface area contributed by atoms with Gasteiger partial charge in [-0.15, -0.1) is 0 Å². The van der Waals surface area contributed by atoms with E-state index < -0.39 is 11.7 Å². The lowest BCUT2D eigenvalue weighted by Gasteiger charge is -2.12. The van der Waals surface area contributed by atoms with E-state index in [0.29, 0.717) is 5.16 Å². The summed E-state index contributed by atoms with van der Waals surface area (Å²) in [4.78, 5) is 8.05. The summed E-state index contributed by atoms with van der Waals surface area (Å²) in [5.74, 6) is 0.509. The molecular formula is C13H13F3N4S. The summed E-state index contributed by atoms with van der Waals surface area (Å²) in [5.41, 5.74) is 11.2. The Morgan fingerprint density at radius 1 is 1.05 bits per heavy atom. The molecule has 2 aromatic rings. The second-order valence-electron chi connectivity index (χ2n) is 4.38. The van der Waals surface area contributed by atoms with Crippen LogP contribution in [0.25, 0.3) is 0 Å². The quantitative estimate of drug-likeness (QED) is 0.669. The largest absolute Gasteiger partial charge is 0.416 e. The molecule has 2 rings (SSSR count). The highest BCUT2D eigenvalue weighted by Gasteiger charge is 2.30. The Morgan fingerprint density at radius 3 is 2.05 bits per heavy atom. The Kier molecular flexibility index (Phi) is 4.26.